The quantitative estimate of drug-likeness (QED) is 0.498. The van der Waals surface area contributed by atoms with E-state index in [-0.39, 0.29) is 10.0 Å². The summed E-state index contributed by atoms with van der Waals surface area (Å²) in [5.74, 6) is -4.51. The van der Waals surface area contributed by atoms with Crippen LogP contribution in [0.4, 0.5) is 11.6 Å². The monoisotopic (exact) mass is 481 g/mol. The number of aromatic nitrogens is 1. The normalized spacial score (nSPS) is 19.9. The molecule has 0 spiro atoms. The van der Waals surface area contributed by atoms with Crippen molar-refractivity contribution in [2.45, 2.75) is 32.3 Å². The van der Waals surface area contributed by atoms with Crippen LogP contribution in [0.3, 0.4) is 0 Å². The van der Waals surface area contributed by atoms with Crippen molar-refractivity contribution in [1.82, 2.24) is 5.16 Å². The van der Waals surface area contributed by atoms with E-state index in [2.05, 4.69) is 9.68 Å². The fourth-order valence-electron chi connectivity index (χ4n) is 2.22. The Kier molecular flexibility index (Phi) is 2.76. The third-order valence-electron chi connectivity index (χ3n) is 3.49. The molecule has 0 atom stereocenters. The van der Waals surface area contributed by atoms with E-state index in [0.29, 0.717) is 23.5 Å². The summed E-state index contributed by atoms with van der Waals surface area (Å²) in [5.41, 5.74) is -5.02. The summed E-state index contributed by atoms with van der Waals surface area (Å²) in [4.78, 5) is 24.6. The van der Waals surface area contributed by atoms with Gasteiger partial charge in [0, 0.05) is 22.0 Å². The molecule has 2 N–H and O–H groups in total. The van der Waals surface area contributed by atoms with Gasteiger partial charge in [-0.25, -0.2) is 13.1 Å². The Bertz CT molecular complexity index is 1720. The number of ketones is 1. The first-order valence-electron chi connectivity index (χ1n) is 14.5. The molecular formula is C19H18ClN3O5S2. The molecule has 2 heterocycles. The van der Waals surface area contributed by atoms with Crippen LogP contribution in [0.5, 0.6) is 0 Å². The van der Waals surface area contributed by atoms with Crippen LogP contribution in [0, 0.1) is 20.6 Å². The molecule has 8 nitrogen and oxygen atoms in total. The Morgan fingerprint density at radius 2 is 2.13 bits per heavy atom. The standard InChI is InChI=1S/C19H18ClN3O5S2/c1-9-7-10(2)16(13(8-9)12(4)24)21-18(25)17-14(5-6-29-17)30(26,27)23-19-15(20)11(3)22-28-19/h5-8,23H,1-4H3,(H,21,25)/i1D3,2D3,3D3,4D3/hD2. The predicted molar refractivity (Wildman–Crippen MR) is 115 cm³/mol. The molecule has 0 aliphatic heterocycles. The number of amides is 1. The van der Waals surface area contributed by atoms with Crippen LogP contribution in [0.2, 0.25) is 7.85 Å². The maximum atomic E-state index is 13.5. The second-order valence-electron chi connectivity index (χ2n) is 5.50. The molecule has 0 aliphatic carbocycles. The number of Topliss-reactive ketones (excluding diaryl/α,β-unsaturated/α-hetero) is 1. The van der Waals surface area contributed by atoms with Crippen LogP contribution >= 0.6 is 22.9 Å². The van der Waals surface area contributed by atoms with Crippen LogP contribution in [-0.4, -0.2) is 25.3 Å². The minimum absolute atomic E-state index is 0.267. The molecule has 0 bridgehead atoms. The average molecular weight is 482 g/mol. The molecule has 0 saturated heterocycles. The van der Waals surface area contributed by atoms with Crippen LogP contribution in [0.25, 0.3) is 0 Å². The first-order chi connectivity index (χ1) is 19.7. The van der Waals surface area contributed by atoms with Crippen molar-refractivity contribution in [3.8, 4) is 0 Å². The van der Waals surface area contributed by atoms with Gasteiger partial charge in [-0.2, -0.15) is 0 Å². The van der Waals surface area contributed by atoms with Crippen LogP contribution < -0.4 is 10.0 Å². The molecule has 0 saturated carbocycles. The van der Waals surface area contributed by atoms with Gasteiger partial charge in [0.2, 0.25) is 0 Å². The number of nitrogens with one attached hydrogen (secondary N) is 2. The van der Waals surface area contributed by atoms with Gasteiger partial charge in [-0.3, -0.25) is 9.59 Å². The van der Waals surface area contributed by atoms with E-state index in [9.17, 15) is 18.0 Å². The number of anilines is 2. The number of thiophene rings is 1. The number of hydrogen-bond donors (Lipinski definition) is 2. The molecule has 11 heteroatoms. The van der Waals surface area contributed by atoms with E-state index in [1.165, 1.54) is 0 Å². The van der Waals surface area contributed by atoms with E-state index in [1.807, 2.05) is 0 Å². The SMILES string of the molecule is [2H]N(C(=O)c1sccc1S(=O)(=O)N([2H])c1onc(C([2H])([2H])[2H])c1Cl)c1c(C(=O)C([2H])([2H])[2H])cc(C([2H])([2H])[2H])cc1C([2H])([2H])[2H]. The minimum atomic E-state index is -5.17. The van der Waals surface area contributed by atoms with Gasteiger partial charge in [-0.15, -0.1) is 11.3 Å². The lowest BCUT2D eigenvalue weighted by atomic mass is 10.0. The predicted octanol–water partition coefficient (Wildman–Crippen LogP) is 4.57. The van der Waals surface area contributed by atoms with Crippen LogP contribution in [-0.2, 0) is 10.0 Å². The lowest BCUT2D eigenvalue weighted by Gasteiger charge is -2.14. The van der Waals surface area contributed by atoms with Gasteiger partial charge in [-0.05, 0) is 56.0 Å². The number of carbonyl (C=O) groups excluding carboxylic acids is 2. The summed E-state index contributed by atoms with van der Waals surface area (Å²) in [6.45, 7) is -12.8. The zero-order chi connectivity index (χ0) is 34.0. The molecular weight excluding hydrogens is 450 g/mol. The van der Waals surface area contributed by atoms with Crippen LogP contribution in [0.15, 0.2) is 33.0 Å². The largest absolute Gasteiger partial charge is 0.336 e. The Labute approximate surface area is 202 Å². The van der Waals surface area contributed by atoms with Gasteiger partial charge in [0.05, 0.1) is 5.69 Å². The smallest absolute Gasteiger partial charge is 0.267 e. The maximum absolute atomic E-state index is 13.5. The summed E-state index contributed by atoms with van der Waals surface area (Å²) in [5, 5.41) is 3.06. The maximum Gasteiger partial charge on any atom is 0.267 e. The number of benzene rings is 1. The second kappa shape index (κ2) is 8.21. The van der Waals surface area contributed by atoms with E-state index in [1.54, 1.807) is 0 Å². The molecule has 158 valence electrons. The first kappa shape index (κ1) is 10.1. The first-order valence-corrected chi connectivity index (χ1v) is 10.3. The molecule has 0 unspecified atom stereocenters. The highest BCUT2D eigenvalue weighted by atomic mass is 35.5. The molecule has 0 aliphatic rings. The van der Waals surface area contributed by atoms with Gasteiger partial charge < -0.3 is 9.83 Å². The third kappa shape index (κ3) is 4.25. The van der Waals surface area contributed by atoms with Gasteiger partial charge in [0.1, 0.15) is 20.5 Å². The van der Waals surface area contributed by atoms with Crippen molar-refractivity contribution in [2.24, 2.45) is 0 Å². The van der Waals surface area contributed by atoms with Crippen molar-refractivity contribution in [3.63, 3.8) is 0 Å². The minimum Gasteiger partial charge on any atom is -0.336 e. The number of sulfonamides is 1. The summed E-state index contributed by atoms with van der Waals surface area (Å²) >= 11 is 6.25. The zero-order valence-corrected chi connectivity index (χ0v) is 16.8. The number of carbonyl (C=O) groups is 2. The van der Waals surface area contributed by atoms with Crippen molar-refractivity contribution in [1.29, 1.82) is 0 Å². The Hall–Kier alpha value is -2.69. The molecule has 3 aromatic rings. The number of hydrogen-bond acceptors (Lipinski definition) is 7. The number of rotatable bonds is 6. The fourth-order valence-corrected chi connectivity index (χ4v) is 4.60. The van der Waals surface area contributed by atoms with Crippen molar-refractivity contribution < 1.29 is 41.8 Å². The summed E-state index contributed by atoms with van der Waals surface area (Å²) in [6.07, 6.45) is 0. The van der Waals surface area contributed by atoms with Crippen molar-refractivity contribution in [2.75, 3.05) is 10.0 Å². The molecule has 30 heavy (non-hydrogen) atoms. The van der Waals surface area contributed by atoms with Crippen molar-refractivity contribution in [3.05, 3.63) is 55.9 Å². The number of aryl methyl sites for hydroxylation is 3. The Balaban J connectivity index is 2.23. The van der Waals surface area contributed by atoms with E-state index >= 15 is 0 Å². The van der Waals surface area contributed by atoms with E-state index in [4.69, 9.17) is 30.9 Å². The average Bonchev–Trinajstić information content (AvgIpc) is 3.51. The lowest BCUT2D eigenvalue weighted by molar-refractivity contribution is 0.101. The van der Waals surface area contributed by atoms with Gasteiger partial charge >= 0.3 is 0 Å². The molecule has 1 aromatic carbocycles. The zero-order valence-electron chi connectivity index (χ0n) is 28.4. The highest BCUT2D eigenvalue weighted by molar-refractivity contribution is 7.93. The van der Waals surface area contributed by atoms with Crippen LogP contribution in [0.1, 0.15) is 60.2 Å². The highest BCUT2D eigenvalue weighted by Crippen LogP contribution is 2.31. The molecule has 0 fully saturated rings. The highest BCUT2D eigenvalue weighted by Gasteiger charge is 2.27. The molecule has 0 radical (unpaired) electrons. The third-order valence-corrected chi connectivity index (χ3v) is 6.17. The number of halogens is 1. The lowest BCUT2D eigenvalue weighted by Crippen LogP contribution is -2.19. The van der Waals surface area contributed by atoms with Gasteiger partial charge in [-0.1, -0.05) is 22.8 Å². The Morgan fingerprint density at radius 1 is 1.30 bits per heavy atom. The van der Waals surface area contributed by atoms with E-state index in [0.717, 1.165) is 11.4 Å². The number of nitrogens with zero attached hydrogens (tertiary/aromatic N) is 1. The Morgan fingerprint density at radius 3 is 2.80 bits per heavy atom. The summed E-state index contributed by atoms with van der Waals surface area (Å²) in [7, 11) is -5.17. The summed E-state index contributed by atoms with van der Waals surface area (Å²) < 4.78 is 138. The fraction of sp³-hybridized carbons (Fsp3) is 0.211. The summed E-state index contributed by atoms with van der Waals surface area (Å²) in [6, 6.07) is 1.86. The van der Waals surface area contributed by atoms with Gasteiger partial charge in [0.15, 0.2) is 8.61 Å². The van der Waals surface area contributed by atoms with E-state index < -0.39 is 97.9 Å². The second-order valence-corrected chi connectivity index (χ2v) is 8.36. The van der Waals surface area contributed by atoms with Gasteiger partial charge in [0.25, 0.3) is 21.8 Å². The molecule has 1 amide bonds. The topological polar surface area (TPSA) is 118 Å². The molecule has 2 aromatic heterocycles. The van der Waals surface area contributed by atoms with Crippen molar-refractivity contribution >= 4 is 56.2 Å². The molecule has 3 rings (SSSR count).